The normalized spacial score (nSPS) is 20.2. The molecular weight excluding hydrogens is 364 g/mol. The van der Waals surface area contributed by atoms with Gasteiger partial charge >= 0.3 is 0 Å². The third kappa shape index (κ3) is 4.17. The van der Waals surface area contributed by atoms with E-state index in [1.54, 1.807) is 13.1 Å². The minimum absolute atomic E-state index is 0.419. The Hall–Kier alpha value is -2.74. The molecule has 29 heavy (non-hydrogen) atoms. The van der Waals surface area contributed by atoms with Crippen molar-refractivity contribution >= 4 is 29.0 Å². The second kappa shape index (κ2) is 8.32. The highest BCUT2D eigenvalue weighted by atomic mass is 15.4. The van der Waals surface area contributed by atoms with Gasteiger partial charge < -0.3 is 26.3 Å². The first kappa shape index (κ1) is 19.6. The van der Waals surface area contributed by atoms with Crippen molar-refractivity contribution in [3.05, 3.63) is 29.6 Å². The van der Waals surface area contributed by atoms with Crippen LogP contribution >= 0.6 is 0 Å². The minimum Gasteiger partial charge on any atom is -0.380 e. The lowest BCUT2D eigenvalue weighted by Gasteiger charge is -2.29. The monoisotopic (exact) mass is 394 g/mol. The molecule has 0 amide bonds. The zero-order valence-corrected chi connectivity index (χ0v) is 17.4. The van der Waals surface area contributed by atoms with Gasteiger partial charge in [0.2, 0.25) is 5.95 Å². The van der Waals surface area contributed by atoms with E-state index in [4.69, 9.17) is 15.4 Å². The fourth-order valence-corrected chi connectivity index (χ4v) is 4.03. The predicted octanol–water partition coefficient (Wildman–Crippen LogP) is 3.07. The SMILES string of the molecule is CCCCNc1c(Nc2cc(C)ccn2)nc(N2C[C@@H]3C[C@H]2CN3)nc1C(C)=N. The molecule has 2 aliphatic heterocycles. The van der Waals surface area contributed by atoms with Crippen LogP contribution < -0.4 is 20.9 Å². The van der Waals surface area contributed by atoms with Crippen LogP contribution in [0.15, 0.2) is 18.3 Å². The predicted molar refractivity (Wildman–Crippen MR) is 118 cm³/mol. The molecule has 2 saturated heterocycles. The summed E-state index contributed by atoms with van der Waals surface area (Å²) in [5, 5.41) is 18.7. The van der Waals surface area contributed by atoms with Gasteiger partial charge in [-0.05, 0) is 44.4 Å². The van der Waals surface area contributed by atoms with Crippen LogP contribution in [0.25, 0.3) is 0 Å². The molecule has 4 heterocycles. The maximum absolute atomic E-state index is 8.33. The Bertz CT molecular complexity index is 896. The van der Waals surface area contributed by atoms with E-state index < -0.39 is 0 Å². The van der Waals surface area contributed by atoms with Crippen LogP contribution in [0.2, 0.25) is 0 Å². The number of rotatable bonds is 8. The van der Waals surface area contributed by atoms with Gasteiger partial charge in [-0.3, -0.25) is 0 Å². The van der Waals surface area contributed by atoms with Crippen molar-refractivity contribution < 1.29 is 0 Å². The number of hydrogen-bond donors (Lipinski definition) is 4. The smallest absolute Gasteiger partial charge is 0.228 e. The lowest BCUT2D eigenvalue weighted by molar-refractivity contribution is 0.572. The first-order valence-corrected chi connectivity index (χ1v) is 10.5. The second-order valence-electron chi connectivity index (χ2n) is 7.99. The number of nitrogens with zero attached hydrogens (tertiary/aromatic N) is 4. The van der Waals surface area contributed by atoms with E-state index in [0.717, 1.165) is 56.0 Å². The highest BCUT2D eigenvalue weighted by Crippen LogP contribution is 2.33. The molecule has 4 rings (SSSR count). The molecule has 0 unspecified atom stereocenters. The third-order valence-corrected chi connectivity index (χ3v) is 5.56. The molecule has 2 bridgehead atoms. The lowest BCUT2D eigenvalue weighted by atomic mass is 10.2. The van der Waals surface area contributed by atoms with Crippen molar-refractivity contribution in [3.63, 3.8) is 0 Å². The number of hydrogen-bond acceptors (Lipinski definition) is 8. The van der Waals surface area contributed by atoms with Gasteiger partial charge in [0.15, 0.2) is 5.82 Å². The van der Waals surface area contributed by atoms with Crippen molar-refractivity contribution in [2.45, 2.75) is 52.1 Å². The van der Waals surface area contributed by atoms with Gasteiger partial charge in [-0.15, -0.1) is 0 Å². The van der Waals surface area contributed by atoms with E-state index in [2.05, 4.69) is 32.8 Å². The number of fused-ring (bicyclic) bond motifs is 2. The van der Waals surface area contributed by atoms with E-state index in [0.29, 0.717) is 35.3 Å². The summed E-state index contributed by atoms with van der Waals surface area (Å²) in [4.78, 5) is 16.4. The Morgan fingerprint density at radius 1 is 1.38 bits per heavy atom. The quantitative estimate of drug-likeness (QED) is 0.403. The van der Waals surface area contributed by atoms with Crippen molar-refractivity contribution in [2.75, 3.05) is 35.2 Å². The summed E-state index contributed by atoms with van der Waals surface area (Å²) in [6.07, 6.45) is 5.05. The first-order chi connectivity index (χ1) is 14.0. The van der Waals surface area contributed by atoms with Crippen LogP contribution in [0.3, 0.4) is 0 Å². The topological polar surface area (TPSA) is 102 Å². The van der Waals surface area contributed by atoms with Crippen molar-refractivity contribution in [2.24, 2.45) is 0 Å². The van der Waals surface area contributed by atoms with Crippen molar-refractivity contribution in [1.82, 2.24) is 20.3 Å². The van der Waals surface area contributed by atoms with Gasteiger partial charge in [-0.25, -0.2) is 9.97 Å². The van der Waals surface area contributed by atoms with E-state index >= 15 is 0 Å². The summed E-state index contributed by atoms with van der Waals surface area (Å²) in [6, 6.07) is 4.89. The summed E-state index contributed by atoms with van der Waals surface area (Å²) in [5.41, 5.74) is 2.98. The Balaban J connectivity index is 1.74. The Morgan fingerprint density at radius 3 is 2.90 bits per heavy atom. The van der Waals surface area contributed by atoms with E-state index in [-0.39, 0.29) is 0 Å². The maximum atomic E-state index is 8.33. The van der Waals surface area contributed by atoms with Crippen LogP contribution in [0.4, 0.5) is 23.3 Å². The highest BCUT2D eigenvalue weighted by Gasteiger charge is 2.39. The summed E-state index contributed by atoms with van der Waals surface area (Å²) < 4.78 is 0. The summed E-state index contributed by atoms with van der Waals surface area (Å²) in [5.74, 6) is 2.12. The Morgan fingerprint density at radius 2 is 2.24 bits per heavy atom. The third-order valence-electron chi connectivity index (χ3n) is 5.56. The Kier molecular flexibility index (Phi) is 5.62. The molecule has 2 aliphatic rings. The zero-order chi connectivity index (χ0) is 20.4. The molecule has 0 aliphatic carbocycles. The second-order valence-corrected chi connectivity index (χ2v) is 7.99. The lowest BCUT2D eigenvalue weighted by Crippen LogP contribution is -2.44. The number of aryl methyl sites for hydroxylation is 1. The van der Waals surface area contributed by atoms with Gasteiger partial charge in [0, 0.05) is 37.9 Å². The van der Waals surface area contributed by atoms with Crippen LogP contribution in [0.5, 0.6) is 0 Å². The zero-order valence-electron chi connectivity index (χ0n) is 17.4. The van der Waals surface area contributed by atoms with E-state index in [1.807, 2.05) is 19.1 Å². The Labute approximate surface area is 172 Å². The highest BCUT2D eigenvalue weighted by molar-refractivity contribution is 6.02. The minimum atomic E-state index is 0.419. The summed E-state index contributed by atoms with van der Waals surface area (Å²) in [7, 11) is 0. The van der Waals surface area contributed by atoms with Gasteiger partial charge in [0.1, 0.15) is 17.2 Å². The molecule has 2 fully saturated rings. The molecule has 0 saturated carbocycles. The van der Waals surface area contributed by atoms with Crippen molar-refractivity contribution in [1.29, 1.82) is 5.41 Å². The van der Waals surface area contributed by atoms with Gasteiger partial charge in [0.25, 0.3) is 0 Å². The first-order valence-electron chi connectivity index (χ1n) is 10.5. The molecule has 2 atom stereocenters. The van der Waals surface area contributed by atoms with Crippen LogP contribution in [-0.4, -0.2) is 52.4 Å². The van der Waals surface area contributed by atoms with Crippen molar-refractivity contribution in [3.8, 4) is 0 Å². The molecule has 0 radical (unpaired) electrons. The maximum Gasteiger partial charge on any atom is 0.228 e. The van der Waals surface area contributed by atoms with Gasteiger partial charge in [0.05, 0.1) is 5.71 Å². The number of pyridine rings is 1. The van der Waals surface area contributed by atoms with Gasteiger partial charge in [-0.2, -0.15) is 4.98 Å². The number of piperazine rings is 1. The van der Waals surface area contributed by atoms with Gasteiger partial charge in [-0.1, -0.05) is 13.3 Å². The molecule has 4 N–H and O–H groups in total. The molecule has 154 valence electrons. The molecule has 0 aromatic carbocycles. The van der Waals surface area contributed by atoms with Crippen LogP contribution in [0.1, 0.15) is 44.4 Å². The molecule has 2 aromatic rings. The number of anilines is 4. The van der Waals surface area contributed by atoms with E-state index in [1.165, 1.54) is 0 Å². The molecule has 8 heteroatoms. The molecule has 8 nitrogen and oxygen atoms in total. The molecule has 0 spiro atoms. The summed E-state index contributed by atoms with van der Waals surface area (Å²) in [6.45, 7) is 8.67. The number of nitrogens with one attached hydrogen (secondary N) is 4. The van der Waals surface area contributed by atoms with Crippen LogP contribution in [0, 0.1) is 12.3 Å². The molecule has 2 aromatic heterocycles. The number of unbranched alkanes of at least 4 members (excludes halogenated alkanes) is 1. The summed E-state index contributed by atoms with van der Waals surface area (Å²) >= 11 is 0. The van der Waals surface area contributed by atoms with Crippen LogP contribution in [-0.2, 0) is 0 Å². The fraction of sp³-hybridized carbons (Fsp3) is 0.524. The van der Waals surface area contributed by atoms with E-state index in [9.17, 15) is 0 Å². The average molecular weight is 395 g/mol. The fourth-order valence-electron chi connectivity index (χ4n) is 4.03. The largest absolute Gasteiger partial charge is 0.380 e. The molecular formula is C21H30N8. The number of aromatic nitrogens is 3. The standard InChI is InChI=1S/C21H30N8/c1-4-5-7-24-19-18(14(3)22)27-21(29-12-15-10-16(29)11-25-15)28-20(19)26-17-9-13(2)6-8-23-17/h6,8-9,15-16,22,24-25H,4-5,7,10-12H2,1-3H3,(H,23,26,27,28)/t15-,16-/m0/s1. The average Bonchev–Trinajstić information content (AvgIpc) is 3.32.